The van der Waals surface area contributed by atoms with Crippen molar-refractivity contribution in [2.24, 2.45) is 17.8 Å². The van der Waals surface area contributed by atoms with Crippen molar-refractivity contribution in [1.82, 2.24) is 19.8 Å². The number of nitrogens with one attached hydrogen (secondary N) is 1. The van der Waals surface area contributed by atoms with Gasteiger partial charge in [0.15, 0.2) is 5.69 Å². The molecule has 1 saturated heterocycles. The summed E-state index contributed by atoms with van der Waals surface area (Å²) >= 11 is 0. The molecule has 2 atom stereocenters. The van der Waals surface area contributed by atoms with E-state index in [2.05, 4.69) is 10.3 Å². The van der Waals surface area contributed by atoms with Gasteiger partial charge in [-0.1, -0.05) is 0 Å². The van der Waals surface area contributed by atoms with Gasteiger partial charge in [-0.25, -0.2) is 18.2 Å². The summed E-state index contributed by atoms with van der Waals surface area (Å²) < 4.78 is 93.4. The smallest absolute Gasteiger partial charge is 0.434 e. The number of carboxylic acids is 1. The number of alkyl halides is 6. The Labute approximate surface area is 309 Å². The number of carbonyl (C=O) groups is 2. The maximum Gasteiger partial charge on any atom is 0.434 e. The summed E-state index contributed by atoms with van der Waals surface area (Å²) in [6, 6.07) is 7.74. The van der Waals surface area contributed by atoms with Gasteiger partial charge in [0.25, 0.3) is 11.8 Å². The van der Waals surface area contributed by atoms with Gasteiger partial charge in [0.05, 0.1) is 41.9 Å². The number of pyridine rings is 1. The Balaban J connectivity index is 1.04. The highest BCUT2D eigenvalue weighted by atomic mass is 19.4. The molecule has 5 aliphatic rings. The molecular formula is C40H46F6N4O4. The number of amides is 1. The highest BCUT2D eigenvalue weighted by molar-refractivity contribution is 5.98. The fraction of sp³-hybridized carbons (Fsp3) is 0.625. The molecule has 4 saturated carbocycles. The summed E-state index contributed by atoms with van der Waals surface area (Å²) in [5, 5.41) is 13.0. The number of halogens is 6. The van der Waals surface area contributed by atoms with E-state index in [9.17, 15) is 41.0 Å². The fourth-order valence-corrected chi connectivity index (χ4v) is 10.1. The first-order valence-corrected chi connectivity index (χ1v) is 19.4. The number of likely N-dealkylation sites (tertiary alicyclic amines) is 1. The van der Waals surface area contributed by atoms with Gasteiger partial charge in [0.2, 0.25) is 0 Å². The second kappa shape index (κ2) is 14.4. The van der Waals surface area contributed by atoms with Gasteiger partial charge < -0.3 is 19.7 Å². The van der Waals surface area contributed by atoms with Gasteiger partial charge in [-0.3, -0.25) is 14.5 Å². The van der Waals surface area contributed by atoms with Crippen LogP contribution in [0.2, 0.25) is 0 Å². The average molecular weight is 761 g/mol. The minimum absolute atomic E-state index is 0.0530. The molecule has 1 amide bonds. The van der Waals surface area contributed by atoms with Crippen LogP contribution in [0.5, 0.6) is 5.75 Å². The Morgan fingerprint density at radius 1 is 0.870 bits per heavy atom. The molecule has 2 bridgehead atoms. The zero-order valence-electron chi connectivity index (χ0n) is 30.0. The number of nitrogens with zero attached hydrogens (tertiary/aromatic N) is 3. The summed E-state index contributed by atoms with van der Waals surface area (Å²) in [5.41, 5.74) is -0.612. The standard InChI is InChI=1S/C40H46F6N4O4/c41-25-1-3-28(4-2-25)50-19-33(31-10-9-30(18-35(31)50)54-29-7-5-27(6-8-29)49-20-39(42,43)21-49)34-12-11-32(36(48-34)40(44,45)46)37(51)47-26-16-22-13-23(17-26)15-24(14-22)38(52)53/h9-12,18-19,22-29H,1-8,13-17,20-21H2,(H,47,51)(H,52,53)/t22?,23?,24?,25?,26?,27-,28?,29-. The van der Waals surface area contributed by atoms with E-state index in [0.29, 0.717) is 80.9 Å². The lowest BCUT2D eigenvalue weighted by atomic mass is 9.66. The Hall–Kier alpha value is -3.81. The summed E-state index contributed by atoms with van der Waals surface area (Å²) in [5.74, 6) is -3.93. The van der Waals surface area contributed by atoms with Crippen molar-refractivity contribution < 1.29 is 45.8 Å². The van der Waals surface area contributed by atoms with Gasteiger partial charge in [0.1, 0.15) is 11.9 Å². The van der Waals surface area contributed by atoms with Gasteiger partial charge >= 0.3 is 12.1 Å². The molecule has 14 heteroatoms. The van der Waals surface area contributed by atoms with Gasteiger partial charge in [-0.05, 0) is 120 Å². The first-order chi connectivity index (χ1) is 25.7. The number of ether oxygens (including phenoxy) is 1. The minimum atomic E-state index is -4.92. The highest BCUT2D eigenvalue weighted by Gasteiger charge is 2.47. The van der Waals surface area contributed by atoms with Crippen molar-refractivity contribution in [3.63, 3.8) is 0 Å². The Morgan fingerprint density at radius 3 is 2.17 bits per heavy atom. The second-order valence-electron chi connectivity index (χ2n) is 16.6. The summed E-state index contributed by atoms with van der Waals surface area (Å²) in [6.07, 6.45) is 3.61. The van der Waals surface area contributed by atoms with E-state index < -0.39 is 47.3 Å². The van der Waals surface area contributed by atoms with E-state index in [0.717, 1.165) is 24.8 Å². The minimum Gasteiger partial charge on any atom is -0.490 e. The molecule has 54 heavy (non-hydrogen) atoms. The number of carboxylic acid groups (broad SMARTS) is 1. The molecule has 3 heterocycles. The van der Waals surface area contributed by atoms with Crippen LogP contribution < -0.4 is 10.1 Å². The van der Waals surface area contributed by atoms with Crippen LogP contribution in [0.1, 0.15) is 106 Å². The SMILES string of the molecule is O=C(NC1CC2CC(C1)CC(C(=O)O)C2)c1ccc(-c2cn(C3CCC(F)CC3)c3cc(O[C@H]4CC[C@H](N5CC(F)(F)C5)CC4)ccc23)nc1C(F)(F)F. The maximum absolute atomic E-state index is 14.6. The van der Waals surface area contributed by atoms with Crippen LogP contribution >= 0.6 is 0 Å². The van der Waals surface area contributed by atoms with Crippen LogP contribution in [0.15, 0.2) is 36.5 Å². The number of carbonyl (C=O) groups excluding carboxylic acids is 1. The third kappa shape index (κ3) is 7.68. The van der Waals surface area contributed by atoms with E-state index >= 15 is 0 Å². The predicted octanol–water partition coefficient (Wildman–Crippen LogP) is 8.83. The molecule has 1 aromatic carbocycles. The van der Waals surface area contributed by atoms with Crippen molar-refractivity contribution in [1.29, 1.82) is 0 Å². The molecular weight excluding hydrogens is 714 g/mol. The van der Waals surface area contributed by atoms with Crippen molar-refractivity contribution in [3.8, 4) is 17.0 Å². The third-order valence-corrected chi connectivity index (χ3v) is 12.7. The first-order valence-electron chi connectivity index (χ1n) is 19.4. The molecule has 0 radical (unpaired) electrons. The average Bonchev–Trinajstić information content (AvgIpc) is 3.49. The molecule has 2 N–H and O–H groups in total. The Kier molecular flexibility index (Phi) is 9.87. The lowest BCUT2D eigenvalue weighted by Gasteiger charge is -2.46. The lowest BCUT2D eigenvalue weighted by Crippen LogP contribution is -2.60. The van der Waals surface area contributed by atoms with Crippen LogP contribution in [-0.4, -0.2) is 74.8 Å². The number of fused-ring (bicyclic) bond motifs is 3. The van der Waals surface area contributed by atoms with Crippen LogP contribution in [0.4, 0.5) is 26.3 Å². The van der Waals surface area contributed by atoms with E-state index in [1.54, 1.807) is 18.3 Å². The van der Waals surface area contributed by atoms with Crippen molar-refractivity contribution >= 4 is 22.8 Å². The van der Waals surface area contributed by atoms with Crippen molar-refractivity contribution in [2.75, 3.05) is 13.1 Å². The van der Waals surface area contributed by atoms with Crippen molar-refractivity contribution in [3.05, 3.63) is 47.8 Å². The zero-order chi connectivity index (χ0) is 37.9. The maximum atomic E-state index is 14.6. The number of hydrogen-bond acceptors (Lipinski definition) is 5. The van der Waals surface area contributed by atoms with E-state index in [4.69, 9.17) is 4.74 Å². The second-order valence-corrected chi connectivity index (χ2v) is 16.6. The third-order valence-electron chi connectivity index (χ3n) is 12.7. The number of aliphatic carboxylic acids is 1. The zero-order valence-corrected chi connectivity index (χ0v) is 30.0. The molecule has 8 rings (SSSR count). The number of hydrogen-bond donors (Lipinski definition) is 2. The lowest BCUT2D eigenvalue weighted by molar-refractivity contribution is -0.151. The Morgan fingerprint density at radius 2 is 1.54 bits per heavy atom. The van der Waals surface area contributed by atoms with Crippen LogP contribution in [0.3, 0.4) is 0 Å². The molecule has 2 aromatic heterocycles. The molecule has 8 nitrogen and oxygen atoms in total. The van der Waals surface area contributed by atoms with Gasteiger partial charge in [-0.2, -0.15) is 13.2 Å². The molecule has 2 unspecified atom stereocenters. The monoisotopic (exact) mass is 760 g/mol. The summed E-state index contributed by atoms with van der Waals surface area (Å²) in [6.45, 7) is -0.393. The predicted molar refractivity (Wildman–Crippen MR) is 188 cm³/mol. The quantitative estimate of drug-likeness (QED) is 0.223. The van der Waals surface area contributed by atoms with Crippen LogP contribution in [0, 0.1) is 17.8 Å². The van der Waals surface area contributed by atoms with E-state index in [-0.39, 0.29) is 54.8 Å². The summed E-state index contributed by atoms with van der Waals surface area (Å²) in [7, 11) is 0. The normalized spacial score (nSPS) is 31.4. The van der Waals surface area contributed by atoms with Crippen molar-refractivity contribution in [2.45, 2.75) is 126 Å². The molecule has 1 aliphatic heterocycles. The highest BCUT2D eigenvalue weighted by Crippen LogP contribution is 2.44. The summed E-state index contributed by atoms with van der Waals surface area (Å²) in [4.78, 5) is 30.9. The topological polar surface area (TPSA) is 96.7 Å². The Bertz CT molecular complexity index is 1860. The molecule has 5 fully saturated rings. The van der Waals surface area contributed by atoms with Gasteiger partial charge in [0, 0.05) is 41.3 Å². The van der Waals surface area contributed by atoms with Crippen LogP contribution in [0.25, 0.3) is 22.2 Å². The van der Waals surface area contributed by atoms with E-state index in [1.165, 1.54) is 12.1 Å². The van der Waals surface area contributed by atoms with Gasteiger partial charge in [-0.15, -0.1) is 0 Å². The first kappa shape index (κ1) is 37.1. The largest absolute Gasteiger partial charge is 0.490 e. The molecule has 3 aromatic rings. The number of aromatic nitrogens is 2. The molecule has 4 aliphatic carbocycles. The fourth-order valence-electron chi connectivity index (χ4n) is 10.1. The van der Waals surface area contributed by atoms with Crippen LogP contribution in [-0.2, 0) is 11.0 Å². The number of rotatable bonds is 8. The molecule has 0 spiro atoms. The number of benzene rings is 1. The molecule has 292 valence electrons. The van der Waals surface area contributed by atoms with E-state index in [1.807, 2.05) is 15.5 Å².